The monoisotopic (exact) mass is 203 g/mol. The van der Waals surface area contributed by atoms with Crippen LogP contribution in [0.5, 0.6) is 0 Å². The number of hydrogen-bond donors (Lipinski definition) is 0. The molecule has 0 bridgehead atoms. The Bertz CT molecular complexity index is 303. The van der Waals surface area contributed by atoms with Crippen LogP contribution in [0.3, 0.4) is 0 Å². The van der Waals surface area contributed by atoms with Crippen molar-refractivity contribution < 1.29 is 0 Å². The summed E-state index contributed by atoms with van der Waals surface area (Å²) in [5, 5.41) is 0. The van der Waals surface area contributed by atoms with Gasteiger partial charge >= 0.3 is 0 Å². The van der Waals surface area contributed by atoms with Crippen molar-refractivity contribution in [3.8, 4) is 0 Å². The van der Waals surface area contributed by atoms with Gasteiger partial charge in [0.25, 0.3) is 0 Å². The molecule has 0 heterocycles. The lowest BCUT2D eigenvalue weighted by molar-refractivity contribution is 0.409. The molecule has 1 nitrogen and oxygen atoms in total. The van der Waals surface area contributed by atoms with Crippen molar-refractivity contribution in [1.29, 1.82) is 0 Å². The highest BCUT2D eigenvalue weighted by atomic mass is 15.1. The molecule has 0 radical (unpaired) electrons. The van der Waals surface area contributed by atoms with Gasteiger partial charge in [0.05, 0.1) is 0 Å². The van der Waals surface area contributed by atoms with E-state index in [1.54, 1.807) is 0 Å². The molecule has 0 unspecified atom stereocenters. The maximum Gasteiger partial charge on any atom is 0.0477 e. The van der Waals surface area contributed by atoms with E-state index in [0.29, 0.717) is 0 Å². The molecular formula is C14H21N. The molecule has 1 rings (SSSR count). The van der Waals surface area contributed by atoms with Crippen LogP contribution in [0, 0.1) is 0 Å². The maximum absolute atomic E-state index is 3.73. The fourth-order valence-electron chi connectivity index (χ4n) is 1.78. The van der Waals surface area contributed by atoms with E-state index < -0.39 is 0 Å². The number of unbranched alkanes of at least 4 members (excludes halogenated alkanes) is 3. The highest BCUT2D eigenvalue weighted by Crippen LogP contribution is 2.16. The van der Waals surface area contributed by atoms with E-state index in [4.69, 9.17) is 0 Å². The first-order valence-electron chi connectivity index (χ1n) is 5.71. The lowest BCUT2D eigenvalue weighted by Gasteiger charge is -2.20. The van der Waals surface area contributed by atoms with Gasteiger partial charge < -0.3 is 4.90 Å². The van der Waals surface area contributed by atoms with Gasteiger partial charge in [0.2, 0.25) is 0 Å². The van der Waals surface area contributed by atoms with Crippen molar-refractivity contribution in [3.05, 3.63) is 41.8 Å². The molecule has 0 atom stereocenters. The zero-order valence-corrected chi connectivity index (χ0v) is 9.92. The minimum atomic E-state index is 1.13. The third kappa shape index (κ3) is 3.81. The van der Waals surface area contributed by atoms with Gasteiger partial charge in [-0.05, 0) is 37.8 Å². The van der Waals surface area contributed by atoms with Crippen LogP contribution in [0.2, 0.25) is 0 Å². The average Bonchev–Trinajstić information content (AvgIpc) is 2.64. The fourth-order valence-corrected chi connectivity index (χ4v) is 1.78. The number of rotatable bonds is 7. The van der Waals surface area contributed by atoms with Crippen LogP contribution in [0.1, 0.15) is 32.6 Å². The van der Waals surface area contributed by atoms with Gasteiger partial charge in [-0.1, -0.05) is 12.5 Å². The van der Waals surface area contributed by atoms with Gasteiger partial charge in [0.15, 0.2) is 0 Å². The van der Waals surface area contributed by atoms with Crippen LogP contribution in [0.15, 0.2) is 41.8 Å². The largest absolute Gasteiger partial charge is 0.374 e. The number of hydrogen-bond acceptors (Lipinski definition) is 1. The zero-order chi connectivity index (χ0) is 11.1. The quantitative estimate of drug-likeness (QED) is 0.347. The molecule has 82 valence electrons. The van der Waals surface area contributed by atoms with E-state index in [9.17, 15) is 0 Å². The summed E-state index contributed by atoms with van der Waals surface area (Å²) >= 11 is 0. The first-order valence-corrected chi connectivity index (χ1v) is 5.71. The van der Waals surface area contributed by atoms with E-state index in [0.717, 1.165) is 13.0 Å². The highest BCUT2D eigenvalue weighted by Gasteiger charge is 2.06. The third-order valence-electron chi connectivity index (χ3n) is 2.74. The Balaban J connectivity index is 2.19. The van der Waals surface area contributed by atoms with Crippen molar-refractivity contribution >= 4 is 0 Å². The first kappa shape index (κ1) is 11.9. The van der Waals surface area contributed by atoms with Gasteiger partial charge in [0.1, 0.15) is 0 Å². The van der Waals surface area contributed by atoms with Gasteiger partial charge in [-0.25, -0.2) is 0 Å². The highest BCUT2D eigenvalue weighted by molar-refractivity contribution is 5.36. The fraction of sp³-hybridized carbons (Fsp3) is 0.500. The van der Waals surface area contributed by atoms with Crippen LogP contribution < -0.4 is 0 Å². The summed E-state index contributed by atoms with van der Waals surface area (Å²) in [7, 11) is 2.16. The first-order chi connectivity index (χ1) is 7.25. The van der Waals surface area contributed by atoms with Crippen LogP contribution >= 0.6 is 0 Å². The second kappa shape index (κ2) is 6.31. The summed E-state index contributed by atoms with van der Waals surface area (Å²) in [6.07, 6.45) is 11.1. The van der Waals surface area contributed by atoms with Crippen LogP contribution in [0.25, 0.3) is 0 Å². The lowest BCUT2D eigenvalue weighted by Crippen LogP contribution is -2.18. The predicted octanol–water partition coefficient (Wildman–Crippen LogP) is 3.66. The third-order valence-corrected chi connectivity index (χ3v) is 2.74. The predicted molar refractivity (Wildman–Crippen MR) is 66.6 cm³/mol. The summed E-state index contributed by atoms with van der Waals surface area (Å²) in [5.74, 6) is 0. The van der Waals surface area contributed by atoms with Crippen molar-refractivity contribution in [3.63, 3.8) is 0 Å². The van der Waals surface area contributed by atoms with E-state index in [2.05, 4.69) is 37.3 Å². The van der Waals surface area contributed by atoms with Gasteiger partial charge in [0, 0.05) is 25.4 Å². The Hall–Kier alpha value is -1.20. The van der Waals surface area contributed by atoms with E-state index in [-0.39, 0.29) is 0 Å². The Kier molecular flexibility index (Phi) is 5.00. The maximum atomic E-state index is 3.73. The van der Waals surface area contributed by atoms with Gasteiger partial charge in [-0.15, -0.1) is 12.3 Å². The molecule has 0 fully saturated rings. The van der Waals surface area contributed by atoms with E-state index >= 15 is 0 Å². The molecule has 15 heavy (non-hydrogen) atoms. The van der Waals surface area contributed by atoms with Crippen LogP contribution in [-0.2, 0) is 0 Å². The molecule has 0 N–H and O–H groups in total. The number of allylic oxidation sites excluding steroid dienone is 3. The topological polar surface area (TPSA) is 3.24 Å². The van der Waals surface area contributed by atoms with Crippen molar-refractivity contribution in [1.82, 2.24) is 4.90 Å². The van der Waals surface area contributed by atoms with Crippen LogP contribution in [0.4, 0.5) is 0 Å². The standard InChI is InChI=1S/C14H21N/c1-4-5-6-7-8-12-15(3)14-11-9-10-13(14)2/h4,10-11H,1,5-8,12H2,2-3H3. The van der Waals surface area contributed by atoms with Crippen molar-refractivity contribution in [2.45, 2.75) is 32.6 Å². The minimum Gasteiger partial charge on any atom is -0.374 e. The number of nitrogens with zero attached hydrogens (tertiary/aromatic N) is 1. The molecule has 0 amide bonds. The lowest BCUT2D eigenvalue weighted by atomic mass is 10.2. The molecule has 0 aromatic rings. The Morgan fingerprint density at radius 2 is 2.13 bits per heavy atom. The summed E-state index contributed by atoms with van der Waals surface area (Å²) < 4.78 is 0. The zero-order valence-electron chi connectivity index (χ0n) is 9.92. The smallest absolute Gasteiger partial charge is 0.0477 e. The molecule has 0 spiro atoms. The summed E-state index contributed by atoms with van der Waals surface area (Å²) in [6, 6.07) is 0. The second-order valence-corrected chi connectivity index (χ2v) is 4.08. The number of likely N-dealkylation sites (N-methyl/N-ethyl adjacent to an activating group) is 1. The Labute approximate surface area is 93.5 Å². The Morgan fingerprint density at radius 1 is 1.33 bits per heavy atom. The molecule has 1 aliphatic carbocycles. The summed E-state index contributed by atoms with van der Waals surface area (Å²) in [6.45, 7) is 7.00. The SMILES string of the molecule is C=CCCCCCN(C)C1=C(C)C=C=C1. The molecule has 0 saturated carbocycles. The van der Waals surface area contributed by atoms with E-state index in [1.807, 2.05) is 12.2 Å². The molecule has 0 aromatic carbocycles. The van der Waals surface area contributed by atoms with Crippen molar-refractivity contribution in [2.75, 3.05) is 13.6 Å². The molecule has 1 heteroatoms. The molecule has 1 aliphatic rings. The Morgan fingerprint density at radius 3 is 2.73 bits per heavy atom. The molecule has 0 aromatic heterocycles. The second-order valence-electron chi connectivity index (χ2n) is 4.08. The average molecular weight is 203 g/mol. The summed E-state index contributed by atoms with van der Waals surface area (Å²) in [5.41, 5.74) is 5.78. The van der Waals surface area contributed by atoms with Crippen molar-refractivity contribution in [2.24, 2.45) is 0 Å². The van der Waals surface area contributed by atoms with E-state index in [1.165, 1.54) is 30.5 Å². The molecule has 0 aliphatic heterocycles. The molecule has 0 saturated heterocycles. The van der Waals surface area contributed by atoms with Gasteiger partial charge in [-0.3, -0.25) is 0 Å². The normalized spacial score (nSPS) is 13.7. The molecular weight excluding hydrogens is 182 g/mol. The summed E-state index contributed by atoms with van der Waals surface area (Å²) in [4.78, 5) is 2.32. The van der Waals surface area contributed by atoms with Gasteiger partial charge in [-0.2, -0.15) is 0 Å². The minimum absolute atomic E-state index is 1.13. The van der Waals surface area contributed by atoms with Crippen LogP contribution in [-0.4, -0.2) is 18.5 Å².